The number of hydrogen-bond acceptors (Lipinski definition) is 1. The molecule has 3 unspecified atom stereocenters. The van der Waals surface area contributed by atoms with Gasteiger partial charge in [-0.05, 0) is 30.4 Å². The predicted octanol–water partition coefficient (Wildman–Crippen LogP) is 2.56. The van der Waals surface area contributed by atoms with Crippen LogP contribution >= 0.6 is 11.8 Å². The summed E-state index contributed by atoms with van der Waals surface area (Å²) in [6.45, 7) is 2.39. The fourth-order valence-corrected chi connectivity index (χ4v) is 3.64. The highest BCUT2D eigenvalue weighted by atomic mass is 32.2. The summed E-state index contributed by atoms with van der Waals surface area (Å²) in [5.74, 6) is 2.77. The lowest BCUT2D eigenvalue weighted by Crippen LogP contribution is -2.10. The Morgan fingerprint density at radius 3 is 2.50 bits per heavy atom. The van der Waals surface area contributed by atoms with Gasteiger partial charge in [-0.1, -0.05) is 19.1 Å². The summed E-state index contributed by atoms with van der Waals surface area (Å²) in [4.78, 5) is 0. The fraction of sp³-hybridized carbons (Fsp3) is 0.778. The van der Waals surface area contributed by atoms with Crippen LogP contribution in [0.3, 0.4) is 0 Å². The van der Waals surface area contributed by atoms with E-state index in [1.165, 1.54) is 6.42 Å². The molecule has 56 valence electrons. The van der Waals surface area contributed by atoms with Crippen molar-refractivity contribution in [3.05, 3.63) is 12.2 Å². The summed E-state index contributed by atoms with van der Waals surface area (Å²) in [6, 6.07) is 0. The highest BCUT2D eigenvalue weighted by Gasteiger charge is 2.41. The predicted molar refractivity (Wildman–Crippen MR) is 47.2 cm³/mol. The Kier molecular flexibility index (Phi) is 1.56. The first kappa shape index (κ1) is 6.78. The minimum Gasteiger partial charge on any atom is -0.161 e. The lowest BCUT2D eigenvalue weighted by atomic mass is 9.96. The Morgan fingerprint density at radius 2 is 2.20 bits per heavy atom. The fourth-order valence-electron chi connectivity index (χ4n) is 2.42. The van der Waals surface area contributed by atoms with Crippen molar-refractivity contribution >= 4 is 11.8 Å². The second kappa shape index (κ2) is 2.30. The summed E-state index contributed by atoms with van der Waals surface area (Å²) in [6.07, 6.45) is 8.54. The largest absolute Gasteiger partial charge is 0.161 e. The zero-order valence-corrected chi connectivity index (χ0v) is 7.40. The summed E-state index contributed by atoms with van der Waals surface area (Å²) >= 11 is 2.05. The second-order valence-corrected chi connectivity index (χ2v) is 4.56. The van der Waals surface area contributed by atoms with Gasteiger partial charge in [-0.3, -0.25) is 0 Å². The van der Waals surface area contributed by atoms with Crippen molar-refractivity contribution in [3.63, 3.8) is 0 Å². The molecule has 0 nitrogen and oxygen atoms in total. The third kappa shape index (κ3) is 0.763. The zero-order chi connectivity index (χ0) is 7.14. The van der Waals surface area contributed by atoms with E-state index in [1.54, 1.807) is 0 Å². The van der Waals surface area contributed by atoms with Gasteiger partial charge in [0.15, 0.2) is 0 Å². The highest BCUT2D eigenvalue weighted by Crippen LogP contribution is 2.48. The summed E-state index contributed by atoms with van der Waals surface area (Å²) in [5.41, 5.74) is 0. The van der Waals surface area contributed by atoms with Crippen LogP contribution in [-0.4, -0.2) is 11.5 Å². The highest BCUT2D eigenvalue weighted by molar-refractivity contribution is 7.99. The normalized spacial score (nSPS) is 50.6. The second-order valence-electron chi connectivity index (χ2n) is 3.54. The van der Waals surface area contributed by atoms with Gasteiger partial charge in [-0.2, -0.15) is 11.8 Å². The molecule has 2 bridgehead atoms. The maximum atomic E-state index is 2.43. The molecular weight excluding hydrogens is 140 g/mol. The van der Waals surface area contributed by atoms with Crippen LogP contribution in [0.5, 0.6) is 0 Å². The molecular formula is C9H14S. The number of hydrogen-bond donors (Lipinski definition) is 0. The van der Waals surface area contributed by atoms with Crippen LogP contribution in [0.15, 0.2) is 12.2 Å². The van der Waals surface area contributed by atoms with E-state index in [0.29, 0.717) is 0 Å². The van der Waals surface area contributed by atoms with E-state index < -0.39 is 0 Å². The van der Waals surface area contributed by atoms with Crippen LogP contribution in [0.1, 0.15) is 13.3 Å². The minimum atomic E-state index is 0.903. The molecule has 0 N–H and O–H groups in total. The Hall–Kier alpha value is 0.0900. The quantitative estimate of drug-likeness (QED) is 0.523. The molecule has 10 heavy (non-hydrogen) atoms. The molecule has 2 aliphatic carbocycles. The third-order valence-corrected chi connectivity index (χ3v) is 4.16. The topological polar surface area (TPSA) is 0 Å². The van der Waals surface area contributed by atoms with Crippen LogP contribution in [0.2, 0.25) is 0 Å². The lowest BCUT2D eigenvalue weighted by molar-refractivity contribution is 0.495. The molecule has 0 aromatic rings. The lowest BCUT2D eigenvalue weighted by Gasteiger charge is -2.13. The van der Waals surface area contributed by atoms with Crippen molar-refractivity contribution in [2.75, 3.05) is 6.26 Å². The molecule has 1 saturated carbocycles. The molecule has 0 saturated heterocycles. The molecule has 1 fully saturated rings. The van der Waals surface area contributed by atoms with Gasteiger partial charge < -0.3 is 0 Å². The van der Waals surface area contributed by atoms with Gasteiger partial charge in [-0.15, -0.1) is 0 Å². The molecule has 1 heteroatoms. The smallest absolute Gasteiger partial charge is 0.0172 e. The zero-order valence-electron chi connectivity index (χ0n) is 6.58. The Morgan fingerprint density at radius 1 is 1.40 bits per heavy atom. The number of thioether (sulfide) groups is 1. The van der Waals surface area contributed by atoms with Crippen LogP contribution < -0.4 is 0 Å². The minimum absolute atomic E-state index is 0.903. The molecule has 0 aromatic heterocycles. The van der Waals surface area contributed by atoms with Gasteiger partial charge in [0, 0.05) is 5.25 Å². The van der Waals surface area contributed by atoms with E-state index in [4.69, 9.17) is 0 Å². The number of rotatable bonds is 1. The van der Waals surface area contributed by atoms with Crippen molar-refractivity contribution < 1.29 is 0 Å². The van der Waals surface area contributed by atoms with Crippen molar-refractivity contribution in [2.45, 2.75) is 18.6 Å². The van der Waals surface area contributed by atoms with Gasteiger partial charge in [0.25, 0.3) is 0 Å². The molecule has 0 spiro atoms. The van der Waals surface area contributed by atoms with Gasteiger partial charge in [-0.25, -0.2) is 0 Å². The molecule has 0 aliphatic heterocycles. The Bertz CT molecular complexity index is 162. The van der Waals surface area contributed by atoms with E-state index in [1.807, 2.05) is 0 Å². The first-order chi connectivity index (χ1) is 4.83. The summed E-state index contributed by atoms with van der Waals surface area (Å²) < 4.78 is 0. The Balaban J connectivity index is 2.17. The first-order valence-electron chi connectivity index (χ1n) is 4.04. The maximum absolute atomic E-state index is 2.43. The molecule has 0 radical (unpaired) electrons. The van der Waals surface area contributed by atoms with Crippen molar-refractivity contribution in [1.29, 1.82) is 0 Å². The van der Waals surface area contributed by atoms with E-state index in [9.17, 15) is 0 Å². The van der Waals surface area contributed by atoms with Gasteiger partial charge in [0.1, 0.15) is 0 Å². The van der Waals surface area contributed by atoms with Crippen molar-refractivity contribution in [3.8, 4) is 0 Å². The first-order valence-corrected chi connectivity index (χ1v) is 5.33. The van der Waals surface area contributed by atoms with Crippen LogP contribution in [-0.2, 0) is 0 Å². The van der Waals surface area contributed by atoms with Crippen LogP contribution in [0, 0.1) is 17.8 Å². The van der Waals surface area contributed by atoms with Crippen LogP contribution in [0.4, 0.5) is 0 Å². The van der Waals surface area contributed by atoms with E-state index >= 15 is 0 Å². The summed E-state index contributed by atoms with van der Waals surface area (Å²) in [7, 11) is 0. The monoisotopic (exact) mass is 154 g/mol. The van der Waals surface area contributed by atoms with Gasteiger partial charge in [0.2, 0.25) is 0 Å². The molecule has 2 aliphatic rings. The molecule has 0 amide bonds. The standard InChI is InChI=1S/C9H14S/c1-6-5-7-3-4-8(6)9(7)10-2/h3-4,6-9H,5H2,1-2H3/t6?,7?,8?,9-/m0/s1. The third-order valence-electron chi connectivity index (χ3n) is 2.96. The summed E-state index contributed by atoms with van der Waals surface area (Å²) in [5, 5.41) is 0.926. The maximum Gasteiger partial charge on any atom is 0.0172 e. The Labute approximate surface area is 67.1 Å². The molecule has 0 heterocycles. The molecule has 4 atom stereocenters. The van der Waals surface area contributed by atoms with Crippen molar-refractivity contribution in [2.24, 2.45) is 17.8 Å². The molecule has 2 rings (SSSR count). The SMILES string of the molecule is CS[C@H]1C2C=CC1C(C)C2. The average molecular weight is 154 g/mol. The number of allylic oxidation sites excluding steroid dienone is 2. The van der Waals surface area contributed by atoms with Gasteiger partial charge >= 0.3 is 0 Å². The van der Waals surface area contributed by atoms with Crippen molar-refractivity contribution in [1.82, 2.24) is 0 Å². The van der Waals surface area contributed by atoms with E-state index in [-0.39, 0.29) is 0 Å². The molecule has 0 aromatic carbocycles. The number of fused-ring (bicyclic) bond motifs is 2. The average Bonchev–Trinajstić information content (AvgIpc) is 2.42. The van der Waals surface area contributed by atoms with E-state index in [2.05, 4.69) is 37.1 Å². The van der Waals surface area contributed by atoms with Crippen LogP contribution in [0.25, 0.3) is 0 Å². The van der Waals surface area contributed by atoms with E-state index in [0.717, 1.165) is 23.0 Å². The van der Waals surface area contributed by atoms with Gasteiger partial charge in [0.05, 0.1) is 0 Å².